The number of carbonyl (C=O) groups is 1. The molecule has 0 saturated heterocycles. The predicted molar refractivity (Wildman–Crippen MR) is 118 cm³/mol. The largest absolute Gasteiger partial charge is 0.513 e. The number of unbranched alkanes of at least 4 members (excludes halogenated alkanes) is 1. The number of hydrogen-bond donors (Lipinski definition) is 3. The number of hydrogen-bond acceptors (Lipinski definition) is 4. The predicted octanol–water partition coefficient (Wildman–Crippen LogP) is 5.00. The van der Waals surface area contributed by atoms with Crippen LogP contribution in [-0.4, -0.2) is 30.3 Å². The van der Waals surface area contributed by atoms with Crippen molar-refractivity contribution in [1.82, 2.24) is 4.98 Å². The van der Waals surface area contributed by atoms with Crippen LogP contribution in [0.25, 0.3) is 21.8 Å². The van der Waals surface area contributed by atoms with E-state index in [0.29, 0.717) is 18.3 Å². The van der Waals surface area contributed by atoms with E-state index in [1.807, 2.05) is 26.0 Å². The molecule has 0 spiro atoms. The van der Waals surface area contributed by atoms with Crippen molar-refractivity contribution in [3.8, 4) is 5.75 Å². The van der Waals surface area contributed by atoms with Crippen LogP contribution in [-0.2, 0) is 4.74 Å². The van der Waals surface area contributed by atoms with Gasteiger partial charge < -0.3 is 25.5 Å². The lowest BCUT2D eigenvalue weighted by Crippen LogP contribution is -2.23. The van der Waals surface area contributed by atoms with Gasteiger partial charge in [0.25, 0.3) is 0 Å². The summed E-state index contributed by atoms with van der Waals surface area (Å²) in [5, 5.41) is 5.25. The van der Waals surface area contributed by atoms with Crippen molar-refractivity contribution in [2.45, 2.75) is 40.5 Å². The second-order valence-corrected chi connectivity index (χ2v) is 6.98. The van der Waals surface area contributed by atoms with Crippen LogP contribution in [0, 0.1) is 13.8 Å². The third-order valence-electron chi connectivity index (χ3n) is 4.82. The molecule has 3 rings (SSSR count). The summed E-state index contributed by atoms with van der Waals surface area (Å²) in [5.74, 6) is 0.847. The molecule has 1 aromatic heterocycles. The minimum atomic E-state index is -0.710. The average Bonchev–Trinajstić information content (AvgIpc) is 3.06. The molecule has 0 aliphatic rings. The van der Waals surface area contributed by atoms with Gasteiger partial charge in [0.05, 0.1) is 6.61 Å². The highest BCUT2D eigenvalue weighted by Gasteiger charge is 2.15. The molecule has 0 unspecified atom stereocenters. The smallest absolute Gasteiger partial charge is 0.434 e. The van der Waals surface area contributed by atoms with Crippen LogP contribution >= 0.6 is 0 Å². The van der Waals surface area contributed by atoms with E-state index in [4.69, 9.17) is 15.2 Å². The topological polar surface area (TPSA) is 102 Å². The lowest BCUT2D eigenvalue weighted by atomic mass is 10.0. The number of nitrogens with zero attached hydrogens (tertiary/aromatic N) is 1. The Balaban J connectivity index is 2.03. The molecule has 1 heterocycles. The highest BCUT2D eigenvalue weighted by atomic mass is 16.7. The number of rotatable bonds is 6. The summed E-state index contributed by atoms with van der Waals surface area (Å²) >= 11 is 0. The number of benzene rings is 2. The van der Waals surface area contributed by atoms with Gasteiger partial charge in [0, 0.05) is 34.0 Å². The maximum Gasteiger partial charge on any atom is 0.513 e. The lowest BCUT2D eigenvalue weighted by Gasteiger charge is -2.12. The first-order valence-electron chi connectivity index (χ1n) is 9.91. The summed E-state index contributed by atoms with van der Waals surface area (Å²) in [6, 6.07) is 7.55. The quantitative estimate of drug-likeness (QED) is 0.179. The Bertz CT molecular complexity index is 1070. The maximum atomic E-state index is 11.7. The Kier molecular flexibility index (Phi) is 6.26. The Hall–Kier alpha value is -3.22. The van der Waals surface area contributed by atoms with Crippen molar-refractivity contribution in [2.24, 2.45) is 10.7 Å². The second kappa shape index (κ2) is 8.86. The standard InChI is InChI=1S/C22H28N4O3/c1-5-7-10-24-21(23)26-18-11-13(3)20-19(14(18)4)16-12-15(8-9-17(16)25-20)29-22(27)28-6-2/h8-9,11-12,25H,5-7,10H2,1-4H3,(H3,23,24,26). The number of ether oxygens (including phenoxy) is 2. The van der Waals surface area contributed by atoms with E-state index < -0.39 is 6.16 Å². The number of aromatic nitrogens is 1. The molecule has 2 aromatic carbocycles. The van der Waals surface area contributed by atoms with E-state index in [9.17, 15) is 4.79 Å². The van der Waals surface area contributed by atoms with Crippen LogP contribution in [0.2, 0.25) is 0 Å². The van der Waals surface area contributed by atoms with Gasteiger partial charge in [-0.1, -0.05) is 13.3 Å². The number of H-pyrrole nitrogens is 1. The zero-order chi connectivity index (χ0) is 21.0. The number of fused-ring (bicyclic) bond motifs is 3. The fourth-order valence-corrected chi connectivity index (χ4v) is 3.36. The first-order valence-corrected chi connectivity index (χ1v) is 9.91. The van der Waals surface area contributed by atoms with Gasteiger partial charge in [-0.05, 0) is 62.6 Å². The molecule has 4 N–H and O–H groups in total. The molecule has 7 nitrogen and oxygen atoms in total. The fourth-order valence-electron chi connectivity index (χ4n) is 3.36. The summed E-state index contributed by atoms with van der Waals surface area (Å²) in [4.78, 5) is 19.5. The van der Waals surface area contributed by atoms with Gasteiger partial charge in [-0.2, -0.15) is 0 Å². The summed E-state index contributed by atoms with van der Waals surface area (Å²) in [7, 11) is 0. The Morgan fingerprint density at radius 1 is 1.24 bits per heavy atom. The lowest BCUT2D eigenvalue weighted by molar-refractivity contribution is 0.104. The van der Waals surface area contributed by atoms with Crippen LogP contribution in [0.15, 0.2) is 29.3 Å². The maximum absolute atomic E-state index is 11.7. The Morgan fingerprint density at radius 2 is 2.03 bits per heavy atom. The van der Waals surface area contributed by atoms with E-state index in [1.54, 1.807) is 13.0 Å². The molecule has 154 valence electrons. The SMILES string of the molecule is CCCCN=C(N)Nc1cc(C)c2[nH]c3ccc(OC(=O)OCC)cc3c2c1C. The number of guanidine groups is 1. The van der Waals surface area contributed by atoms with E-state index in [2.05, 4.69) is 28.3 Å². The van der Waals surface area contributed by atoms with Crippen LogP contribution < -0.4 is 15.8 Å². The zero-order valence-corrected chi connectivity index (χ0v) is 17.4. The number of carbonyl (C=O) groups excluding carboxylic acids is 1. The molecular formula is C22H28N4O3. The number of aromatic amines is 1. The molecule has 3 aromatic rings. The third kappa shape index (κ3) is 4.45. The summed E-state index contributed by atoms with van der Waals surface area (Å²) < 4.78 is 10.1. The Morgan fingerprint density at radius 3 is 2.76 bits per heavy atom. The van der Waals surface area contributed by atoms with Crippen LogP contribution in [0.3, 0.4) is 0 Å². The molecule has 0 saturated carbocycles. The fraction of sp³-hybridized carbons (Fsp3) is 0.364. The van der Waals surface area contributed by atoms with E-state index in [0.717, 1.165) is 51.5 Å². The van der Waals surface area contributed by atoms with Gasteiger partial charge >= 0.3 is 6.16 Å². The normalized spacial score (nSPS) is 11.8. The van der Waals surface area contributed by atoms with Crippen LogP contribution in [0.5, 0.6) is 5.75 Å². The third-order valence-corrected chi connectivity index (χ3v) is 4.82. The van der Waals surface area contributed by atoms with Gasteiger partial charge in [0.1, 0.15) is 5.75 Å². The van der Waals surface area contributed by atoms with E-state index in [-0.39, 0.29) is 6.61 Å². The monoisotopic (exact) mass is 396 g/mol. The van der Waals surface area contributed by atoms with Crippen molar-refractivity contribution in [1.29, 1.82) is 0 Å². The number of nitrogens with one attached hydrogen (secondary N) is 2. The molecule has 0 fully saturated rings. The number of anilines is 1. The van der Waals surface area contributed by atoms with Crippen LogP contribution in [0.1, 0.15) is 37.8 Å². The van der Waals surface area contributed by atoms with Gasteiger partial charge in [-0.25, -0.2) is 4.79 Å². The van der Waals surface area contributed by atoms with Gasteiger partial charge in [-0.3, -0.25) is 4.99 Å². The number of nitrogens with two attached hydrogens (primary N) is 1. The van der Waals surface area contributed by atoms with Crippen molar-refractivity contribution in [3.63, 3.8) is 0 Å². The van der Waals surface area contributed by atoms with Crippen molar-refractivity contribution in [2.75, 3.05) is 18.5 Å². The molecule has 0 aliphatic heterocycles. The van der Waals surface area contributed by atoms with E-state index in [1.165, 1.54) is 0 Å². The Labute approximate surface area is 170 Å². The summed E-state index contributed by atoms with van der Waals surface area (Å²) in [6.45, 7) is 8.91. The number of aryl methyl sites for hydroxylation is 2. The molecule has 0 aliphatic carbocycles. The van der Waals surface area contributed by atoms with Gasteiger partial charge in [0.15, 0.2) is 5.96 Å². The molecule has 0 bridgehead atoms. The van der Waals surface area contributed by atoms with Gasteiger partial charge in [-0.15, -0.1) is 0 Å². The summed E-state index contributed by atoms with van der Waals surface area (Å²) in [6.07, 6.45) is 1.37. The summed E-state index contributed by atoms with van der Waals surface area (Å²) in [5.41, 5.74) is 11.1. The highest BCUT2D eigenvalue weighted by molar-refractivity contribution is 6.12. The highest BCUT2D eigenvalue weighted by Crippen LogP contribution is 2.36. The van der Waals surface area contributed by atoms with Crippen molar-refractivity contribution < 1.29 is 14.3 Å². The first kappa shape index (κ1) is 20.5. The van der Waals surface area contributed by atoms with Crippen molar-refractivity contribution in [3.05, 3.63) is 35.4 Å². The van der Waals surface area contributed by atoms with Crippen LogP contribution in [0.4, 0.5) is 10.5 Å². The number of aliphatic imine (C=N–C) groups is 1. The minimum Gasteiger partial charge on any atom is -0.434 e. The average molecular weight is 396 g/mol. The molecule has 7 heteroatoms. The van der Waals surface area contributed by atoms with E-state index >= 15 is 0 Å². The second-order valence-electron chi connectivity index (χ2n) is 6.98. The van der Waals surface area contributed by atoms with Crippen molar-refractivity contribution >= 4 is 39.6 Å². The molecule has 29 heavy (non-hydrogen) atoms. The molecule has 0 atom stereocenters. The minimum absolute atomic E-state index is 0.267. The first-order chi connectivity index (χ1) is 13.9. The molecular weight excluding hydrogens is 368 g/mol. The molecule has 0 amide bonds. The zero-order valence-electron chi connectivity index (χ0n) is 17.4. The molecule has 0 radical (unpaired) electrons. The van der Waals surface area contributed by atoms with Gasteiger partial charge in [0.2, 0.25) is 0 Å².